The smallest absolute Gasteiger partial charge is 0.302 e. The molecule has 2 aliphatic heterocycles. The Labute approximate surface area is 199 Å². The summed E-state index contributed by atoms with van der Waals surface area (Å²) >= 11 is 6.52. The standard InChI is InChI=1S/C24H27ClO6.CH4O/c1-4-28-20-8-5-17(6-9-20)11-18-12-19(7-10-22(18)25)24-14-21(30-16(2)26)13-23(27-3,31-24)15-29-24;1-2/h5-10,12,21H,4,11,13-15H2,1-3H3;2H,1H3/t21?,23-,24-;/m1./s1. The summed E-state index contributed by atoms with van der Waals surface area (Å²) in [7, 11) is 2.58. The maximum atomic E-state index is 11.6. The lowest BCUT2D eigenvalue weighted by atomic mass is 9.91. The van der Waals surface area contributed by atoms with Gasteiger partial charge in [0.25, 0.3) is 0 Å². The lowest BCUT2D eigenvalue weighted by molar-refractivity contribution is -0.306. The van der Waals surface area contributed by atoms with E-state index in [9.17, 15) is 4.79 Å². The van der Waals surface area contributed by atoms with Gasteiger partial charge in [0.15, 0.2) is 5.79 Å². The van der Waals surface area contributed by atoms with Crippen molar-refractivity contribution < 1.29 is 33.6 Å². The molecule has 180 valence electrons. The van der Waals surface area contributed by atoms with Crippen molar-refractivity contribution in [2.45, 2.75) is 50.8 Å². The number of hydrogen-bond acceptors (Lipinski definition) is 7. The molecular formula is C25H31ClO7. The largest absolute Gasteiger partial charge is 0.494 e. The summed E-state index contributed by atoms with van der Waals surface area (Å²) < 4.78 is 29.1. The predicted octanol–water partition coefficient (Wildman–Crippen LogP) is 4.21. The fourth-order valence-corrected chi connectivity index (χ4v) is 4.49. The number of hydrogen-bond donors (Lipinski definition) is 1. The first kappa shape index (κ1) is 25.5. The van der Waals surface area contributed by atoms with Crippen LogP contribution >= 0.6 is 11.6 Å². The van der Waals surface area contributed by atoms with E-state index in [1.807, 2.05) is 49.4 Å². The minimum Gasteiger partial charge on any atom is -0.494 e. The normalized spacial score (nSPS) is 25.7. The third kappa shape index (κ3) is 5.67. The molecular weight excluding hydrogens is 448 g/mol. The molecule has 4 rings (SSSR count). The van der Waals surface area contributed by atoms with Crippen LogP contribution in [0.3, 0.4) is 0 Å². The quantitative estimate of drug-likeness (QED) is 0.597. The zero-order valence-corrected chi connectivity index (χ0v) is 20.2. The van der Waals surface area contributed by atoms with Crippen molar-refractivity contribution in [1.82, 2.24) is 0 Å². The first-order valence-corrected chi connectivity index (χ1v) is 11.3. The lowest BCUT2D eigenvalue weighted by Crippen LogP contribution is -2.48. The van der Waals surface area contributed by atoms with Crippen molar-refractivity contribution in [2.75, 3.05) is 27.4 Å². The molecule has 2 fully saturated rings. The van der Waals surface area contributed by atoms with Crippen LogP contribution in [0.4, 0.5) is 0 Å². The molecule has 2 saturated heterocycles. The number of halogens is 1. The maximum absolute atomic E-state index is 11.6. The van der Waals surface area contributed by atoms with Crippen LogP contribution in [0.25, 0.3) is 0 Å². The summed E-state index contributed by atoms with van der Waals surface area (Å²) in [5.74, 6) is -1.48. The second kappa shape index (κ2) is 10.8. The minimum absolute atomic E-state index is 0.262. The van der Waals surface area contributed by atoms with E-state index in [2.05, 4.69) is 0 Å². The van der Waals surface area contributed by atoms with Crippen molar-refractivity contribution in [1.29, 1.82) is 0 Å². The molecule has 2 heterocycles. The van der Waals surface area contributed by atoms with Gasteiger partial charge in [-0.15, -0.1) is 0 Å². The Morgan fingerprint density at radius 3 is 2.55 bits per heavy atom. The van der Waals surface area contributed by atoms with Crippen molar-refractivity contribution in [3.05, 3.63) is 64.2 Å². The molecule has 0 radical (unpaired) electrons. The van der Waals surface area contributed by atoms with Crippen LogP contribution in [0, 0.1) is 0 Å². The maximum Gasteiger partial charge on any atom is 0.302 e. The van der Waals surface area contributed by atoms with E-state index in [1.54, 1.807) is 7.11 Å². The van der Waals surface area contributed by atoms with E-state index < -0.39 is 11.6 Å². The molecule has 0 saturated carbocycles. The number of carbonyl (C=O) groups is 1. The second-order valence-corrected chi connectivity index (χ2v) is 8.37. The Morgan fingerprint density at radius 2 is 1.91 bits per heavy atom. The fraction of sp³-hybridized carbons (Fsp3) is 0.480. The number of fused-ring (bicyclic) bond motifs is 2. The Balaban J connectivity index is 0.00000149. The Kier molecular flexibility index (Phi) is 8.37. The van der Waals surface area contributed by atoms with Gasteiger partial charge in [-0.05, 0) is 48.7 Å². The van der Waals surface area contributed by atoms with Crippen molar-refractivity contribution in [3.8, 4) is 5.75 Å². The molecule has 0 spiro atoms. The number of methoxy groups -OCH3 is 1. The van der Waals surface area contributed by atoms with E-state index >= 15 is 0 Å². The molecule has 0 aliphatic carbocycles. The molecule has 8 heteroatoms. The first-order chi connectivity index (χ1) is 15.9. The van der Waals surface area contributed by atoms with Crippen molar-refractivity contribution in [3.63, 3.8) is 0 Å². The van der Waals surface area contributed by atoms with Gasteiger partial charge >= 0.3 is 5.97 Å². The number of carbonyl (C=O) groups excluding carboxylic acids is 1. The van der Waals surface area contributed by atoms with Gasteiger partial charge in [0.2, 0.25) is 5.79 Å². The lowest BCUT2D eigenvalue weighted by Gasteiger charge is -2.40. The number of ether oxygens (including phenoxy) is 5. The number of aliphatic hydroxyl groups excluding tert-OH is 1. The number of esters is 1. The monoisotopic (exact) mass is 478 g/mol. The molecule has 2 aromatic rings. The van der Waals surface area contributed by atoms with Gasteiger partial charge in [-0.1, -0.05) is 29.8 Å². The van der Waals surface area contributed by atoms with Gasteiger partial charge < -0.3 is 28.8 Å². The zero-order chi connectivity index (χ0) is 24.1. The number of rotatable bonds is 7. The van der Waals surface area contributed by atoms with E-state index in [0.717, 1.165) is 29.5 Å². The first-order valence-electron chi connectivity index (χ1n) is 10.9. The molecule has 0 amide bonds. The van der Waals surface area contributed by atoms with E-state index in [1.165, 1.54) is 6.92 Å². The van der Waals surface area contributed by atoms with E-state index in [0.29, 0.717) is 30.9 Å². The third-order valence-corrected chi connectivity index (χ3v) is 6.10. The highest BCUT2D eigenvalue weighted by molar-refractivity contribution is 6.31. The van der Waals surface area contributed by atoms with Gasteiger partial charge in [0, 0.05) is 44.6 Å². The molecule has 1 N–H and O–H groups in total. The van der Waals surface area contributed by atoms with Crippen LogP contribution in [-0.4, -0.2) is 50.4 Å². The molecule has 3 atom stereocenters. The molecule has 33 heavy (non-hydrogen) atoms. The summed E-state index contributed by atoms with van der Waals surface area (Å²) in [5, 5.41) is 7.66. The molecule has 2 aliphatic rings. The van der Waals surface area contributed by atoms with Gasteiger partial charge in [-0.2, -0.15) is 0 Å². The zero-order valence-electron chi connectivity index (χ0n) is 19.4. The highest BCUT2D eigenvalue weighted by atomic mass is 35.5. The van der Waals surface area contributed by atoms with E-state index in [4.69, 9.17) is 40.4 Å². The molecule has 2 bridgehead atoms. The van der Waals surface area contributed by atoms with Crippen molar-refractivity contribution in [2.24, 2.45) is 0 Å². The number of benzene rings is 2. The highest BCUT2D eigenvalue weighted by Crippen LogP contribution is 2.50. The topological polar surface area (TPSA) is 83.5 Å². The summed E-state index contributed by atoms with van der Waals surface area (Å²) in [6, 6.07) is 13.7. The molecule has 2 aromatic carbocycles. The Hall–Kier alpha value is -2.16. The van der Waals surface area contributed by atoms with Gasteiger partial charge in [-0.3, -0.25) is 4.79 Å². The minimum atomic E-state index is -1.05. The molecule has 0 aromatic heterocycles. The SMILES string of the molecule is CCOc1ccc(Cc2cc([C@]34CC(OC(C)=O)C[C@](OC)(CO3)O4)ccc2Cl)cc1.CO. The van der Waals surface area contributed by atoms with Crippen LogP contribution in [0.15, 0.2) is 42.5 Å². The van der Waals surface area contributed by atoms with Crippen molar-refractivity contribution >= 4 is 17.6 Å². The average Bonchev–Trinajstić information content (AvgIpc) is 3.10. The van der Waals surface area contributed by atoms with Crippen LogP contribution in [-0.2, 0) is 35.9 Å². The Bertz CT molecular complexity index is 948. The predicted molar refractivity (Wildman–Crippen MR) is 123 cm³/mol. The van der Waals surface area contributed by atoms with Crippen LogP contribution in [0.2, 0.25) is 5.02 Å². The Morgan fingerprint density at radius 1 is 1.18 bits per heavy atom. The summed E-state index contributed by atoms with van der Waals surface area (Å²) in [5.41, 5.74) is 2.89. The summed E-state index contributed by atoms with van der Waals surface area (Å²) in [6.07, 6.45) is 1.11. The highest BCUT2D eigenvalue weighted by Gasteiger charge is 2.59. The third-order valence-electron chi connectivity index (χ3n) is 5.73. The summed E-state index contributed by atoms with van der Waals surface area (Å²) in [6.45, 7) is 4.26. The van der Waals surface area contributed by atoms with Crippen LogP contribution in [0.1, 0.15) is 43.4 Å². The fourth-order valence-electron chi connectivity index (χ4n) is 4.31. The van der Waals surface area contributed by atoms with E-state index in [-0.39, 0.29) is 18.7 Å². The van der Waals surface area contributed by atoms with Gasteiger partial charge in [-0.25, -0.2) is 0 Å². The summed E-state index contributed by atoms with van der Waals surface area (Å²) in [4.78, 5) is 11.6. The average molecular weight is 479 g/mol. The van der Waals surface area contributed by atoms with Gasteiger partial charge in [0.05, 0.1) is 6.61 Å². The molecule has 7 nitrogen and oxygen atoms in total. The van der Waals surface area contributed by atoms with Gasteiger partial charge in [0.1, 0.15) is 18.5 Å². The second-order valence-electron chi connectivity index (χ2n) is 7.96. The molecule has 1 unspecified atom stereocenters. The van der Waals surface area contributed by atoms with Crippen LogP contribution in [0.5, 0.6) is 5.75 Å². The number of aliphatic hydroxyl groups is 1. The van der Waals surface area contributed by atoms with Crippen LogP contribution < -0.4 is 4.74 Å².